The van der Waals surface area contributed by atoms with Crippen LogP contribution in [0.3, 0.4) is 0 Å². The zero-order chi connectivity index (χ0) is 22.3. The van der Waals surface area contributed by atoms with E-state index >= 15 is 0 Å². The average molecular weight is 405 g/mol. The molecule has 2 nitrogen and oxygen atoms in total. The van der Waals surface area contributed by atoms with Gasteiger partial charge in [-0.25, -0.2) is 4.99 Å². The lowest BCUT2D eigenvalue weighted by atomic mass is 9.92. The topological polar surface area (TPSA) is 15.6 Å². The number of amidine groups is 1. The van der Waals surface area contributed by atoms with E-state index in [1.807, 2.05) is 86.7 Å². The third-order valence-electron chi connectivity index (χ3n) is 2.12. The highest BCUT2D eigenvalue weighted by molar-refractivity contribution is 8.77. The maximum absolute atomic E-state index is 4.32. The van der Waals surface area contributed by atoms with E-state index in [-0.39, 0.29) is 5.41 Å². The maximum Gasteiger partial charge on any atom is 0.146 e. The van der Waals surface area contributed by atoms with Crippen LogP contribution in [0.5, 0.6) is 0 Å². The Morgan fingerprint density at radius 3 is 1.50 bits per heavy atom. The fourth-order valence-corrected chi connectivity index (χ4v) is 4.10. The first-order chi connectivity index (χ1) is 12.4. The fraction of sp³-hybridized carbons (Fsp3) is 0.682. The highest BCUT2D eigenvalue weighted by atomic mass is 33.1. The molecule has 0 aromatic rings. The molecule has 1 rings (SSSR count). The van der Waals surface area contributed by atoms with Crippen molar-refractivity contribution in [1.29, 1.82) is 0 Å². The molecule has 0 saturated carbocycles. The van der Waals surface area contributed by atoms with Crippen LogP contribution in [0.1, 0.15) is 90.0 Å². The Morgan fingerprint density at radius 2 is 1.23 bits per heavy atom. The van der Waals surface area contributed by atoms with Gasteiger partial charge in [-0.05, 0) is 16.2 Å². The molecule has 0 amide bonds. The average Bonchev–Trinajstić information content (AvgIpc) is 2.70. The highest BCUT2D eigenvalue weighted by Crippen LogP contribution is 2.48. The van der Waals surface area contributed by atoms with Crippen molar-refractivity contribution in [2.45, 2.75) is 90.0 Å². The summed E-state index contributed by atoms with van der Waals surface area (Å²) >= 11 is 0. The summed E-state index contributed by atoms with van der Waals surface area (Å²) in [7, 11) is 5.47. The molecule has 0 fully saturated rings. The molecule has 0 unspecified atom stereocenters. The second-order valence-corrected chi connectivity index (χ2v) is 6.71. The molecule has 0 bridgehead atoms. The predicted octanol–water partition coefficient (Wildman–Crippen LogP) is 9.39. The molecule has 4 heteroatoms. The van der Waals surface area contributed by atoms with Gasteiger partial charge in [0.25, 0.3) is 0 Å². The molecule has 1 aliphatic rings. The van der Waals surface area contributed by atoms with Crippen molar-refractivity contribution in [1.82, 2.24) is 4.31 Å². The summed E-state index contributed by atoms with van der Waals surface area (Å²) in [6, 6.07) is 0. The minimum absolute atomic E-state index is 0.115. The second-order valence-electron chi connectivity index (χ2n) is 4.49. The summed E-state index contributed by atoms with van der Waals surface area (Å²) < 4.78 is 2.04. The lowest BCUT2D eigenvalue weighted by molar-refractivity contribution is 0.531. The summed E-state index contributed by atoms with van der Waals surface area (Å²) in [6.45, 7) is 34.2. The number of hydrogen-bond donors (Lipinski definition) is 0. The van der Waals surface area contributed by atoms with E-state index in [0.717, 1.165) is 11.4 Å². The molecule has 0 spiro atoms. The van der Waals surface area contributed by atoms with E-state index in [1.54, 1.807) is 28.0 Å². The van der Waals surface area contributed by atoms with Crippen LogP contribution in [0.4, 0.5) is 0 Å². The quantitative estimate of drug-likeness (QED) is 0.336. The van der Waals surface area contributed by atoms with E-state index in [2.05, 4.69) is 38.9 Å². The predicted molar refractivity (Wildman–Crippen MR) is 134 cm³/mol. The lowest BCUT2D eigenvalue weighted by Gasteiger charge is -2.33. The number of likely N-dealkylation sites (N-methyl/N-ethyl adjacent to an activating group) is 1. The molecule has 158 valence electrons. The Labute approximate surface area is 175 Å². The van der Waals surface area contributed by atoms with Crippen LogP contribution in [0.25, 0.3) is 0 Å². The van der Waals surface area contributed by atoms with Gasteiger partial charge >= 0.3 is 0 Å². The van der Waals surface area contributed by atoms with Gasteiger partial charge in [0.1, 0.15) is 5.84 Å². The summed E-state index contributed by atoms with van der Waals surface area (Å²) in [4.78, 5) is 5.64. The van der Waals surface area contributed by atoms with Gasteiger partial charge in [0, 0.05) is 34.7 Å². The fourth-order valence-electron chi connectivity index (χ4n) is 1.39. The van der Waals surface area contributed by atoms with Crippen molar-refractivity contribution < 1.29 is 0 Å². The molecule has 0 aliphatic carbocycles. The monoisotopic (exact) mass is 404 g/mol. The maximum atomic E-state index is 4.32. The van der Waals surface area contributed by atoms with Crippen LogP contribution in [-0.4, -0.2) is 17.2 Å². The molecular formula is C22H48N2S2. The van der Waals surface area contributed by atoms with E-state index in [9.17, 15) is 0 Å². The Bertz CT molecular complexity index is 365. The Balaban J connectivity index is -0.000000127. The first-order valence-electron chi connectivity index (χ1n) is 10.1. The Kier molecular flexibility index (Phi) is 37.2. The van der Waals surface area contributed by atoms with Crippen LogP contribution >= 0.6 is 21.8 Å². The van der Waals surface area contributed by atoms with Crippen molar-refractivity contribution in [2.75, 3.05) is 7.05 Å². The largest absolute Gasteiger partial charge is 0.294 e. The van der Waals surface area contributed by atoms with Crippen LogP contribution in [0.2, 0.25) is 0 Å². The van der Waals surface area contributed by atoms with Gasteiger partial charge in [-0.2, -0.15) is 0 Å². The van der Waals surface area contributed by atoms with Gasteiger partial charge in [0.05, 0.1) is 0 Å². The summed E-state index contributed by atoms with van der Waals surface area (Å²) in [5.41, 5.74) is 1.23. The molecule has 1 aliphatic heterocycles. The Hall–Kier alpha value is -0.610. The van der Waals surface area contributed by atoms with Gasteiger partial charge in [0.2, 0.25) is 0 Å². The third kappa shape index (κ3) is 15.6. The zero-order valence-electron chi connectivity index (χ0n) is 20.3. The van der Waals surface area contributed by atoms with E-state index in [0.29, 0.717) is 0 Å². The van der Waals surface area contributed by atoms with Gasteiger partial charge in [-0.3, -0.25) is 4.31 Å². The number of hydrogen-bond acceptors (Lipinski definition) is 3. The number of allylic oxidation sites excluding steroid dienone is 1. The number of rotatable bonds is 2. The van der Waals surface area contributed by atoms with Crippen molar-refractivity contribution >= 4 is 27.6 Å². The first kappa shape index (κ1) is 36.3. The normalized spacial score (nSPS) is 13.6. The molecule has 26 heavy (non-hydrogen) atoms. The highest BCUT2D eigenvalue weighted by Gasteiger charge is 2.29. The van der Waals surface area contributed by atoms with E-state index in [1.165, 1.54) is 4.91 Å². The lowest BCUT2D eigenvalue weighted by Crippen LogP contribution is -2.26. The van der Waals surface area contributed by atoms with Crippen LogP contribution < -0.4 is 0 Å². The summed E-state index contributed by atoms with van der Waals surface area (Å²) in [5, 5.41) is 0. The molecule has 0 aromatic carbocycles. The molecular weight excluding hydrogens is 356 g/mol. The van der Waals surface area contributed by atoms with Crippen molar-refractivity contribution in [2.24, 2.45) is 10.4 Å². The molecule has 0 radical (unpaired) electrons. The Morgan fingerprint density at radius 1 is 0.846 bits per heavy atom. The van der Waals surface area contributed by atoms with Crippen LogP contribution in [0.15, 0.2) is 40.9 Å². The first-order valence-corrected chi connectivity index (χ1v) is 12.2. The summed E-state index contributed by atoms with van der Waals surface area (Å²) in [6.07, 6.45) is 3.46. The smallest absolute Gasteiger partial charge is 0.146 e. The van der Waals surface area contributed by atoms with Crippen molar-refractivity contribution in [3.63, 3.8) is 0 Å². The molecule has 0 N–H and O–H groups in total. The SMILES string of the molecule is C=CN=C1C(C=C)=C(C(C)(C)C)SSN1C.CC.CC.CC.CC.CC. The van der Waals surface area contributed by atoms with Gasteiger partial charge in [-0.15, -0.1) is 0 Å². The number of nitrogens with zero attached hydrogens (tertiary/aromatic N) is 2. The second kappa shape index (κ2) is 26.6. The molecule has 1 heterocycles. The van der Waals surface area contributed by atoms with Crippen LogP contribution in [-0.2, 0) is 0 Å². The minimum Gasteiger partial charge on any atom is -0.294 e. The molecule has 0 aromatic heterocycles. The summed E-state index contributed by atoms with van der Waals surface area (Å²) in [5.74, 6) is 0.929. The van der Waals surface area contributed by atoms with E-state index in [4.69, 9.17) is 0 Å². The van der Waals surface area contributed by atoms with Crippen molar-refractivity contribution in [3.8, 4) is 0 Å². The van der Waals surface area contributed by atoms with Crippen LogP contribution in [0, 0.1) is 5.41 Å². The van der Waals surface area contributed by atoms with Gasteiger partial charge in [-0.1, -0.05) is 109 Å². The van der Waals surface area contributed by atoms with Crippen molar-refractivity contribution in [3.05, 3.63) is 35.9 Å². The van der Waals surface area contributed by atoms with Gasteiger partial charge < -0.3 is 0 Å². The minimum atomic E-state index is 0.115. The molecule has 0 atom stereocenters. The van der Waals surface area contributed by atoms with Gasteiger partial charge in [0.15, 0.2) is 0 Å². The van der Waals surface area contributed by atoms with E-state index < -0.39 is 0 Å². The number of aliphatic imine (C=N–C) groups is 1. The molecule has 0 saturated heterocycles. The third-order valence-corrected chi connectivity index (χ3v) is 4.98. The zero-order valence-corrected chi connectivity index (χ0v) is 21.9. The standard InChI is InChI=1S/C12H18N2S2.5C2H6/c1-7-9-10(12(3,4)5)15-16-14(6)11(9)13-8-2;5*1-2/h7-8H,1-2H2,3-6H3;5*1-2H3.